The van der Waals surface area contributed by atoms with E-state index in [1.807, 2.05) is 18.7 Å². The lowest BCUT2D eigenvalue weighted by Crippen LogP contribution is -2.47. The number of aryl methyl sites for hydroxylation is 1. The summed E-state index contributed by atoms with van der Waals surface area (Å²) >= 11 is 3.53. The summed E-state index contributed by atoms with van der Waals surface area (Å²) in [6.45, 7) is 14.1. The largest absolute Gasteiger partial charge is 0.354 e. The number of rotatable bonds is 7. The van der Waals surface area contributed by atoms with Crippen LogP contribution in [0.5, 0.6) is 0 Å². The molecule has 2 aromatic rings. The van der Waals surface area contributed by atoms with Crippen LogP contribution in [-0.2, 0) is 5.41 Å². The Morgan fingerprint density at radius 2 is 1.84 bits per heavy atom. The molecule has 9 heteroatoms. The highest BCUT2D eigenvalue weighted by atomic mass is 35.5. The van der Waals surface area contributed by atoms with Gasteiger partial charge in [-0.05, 0) is 32.7 Å². The molecule has 1 saturated carbocycles. The molecule has 1 aliphatic heterocycles. The van der Waals surface area contributed by atoms with Crippen LogP contribution in [0.1, 0.15) is 68.9 Å². The molecule has 0 spiro atoms. The summed E-state index contributed by atoms with van der Waals surface area (Å²) in [5.74, 6) is 3.89. The van der Waals surface area contributed by atoms with Crippen LogP contribution in [0.4, 0.5) is 5.82 Å². The van der Waals surface area contributed by atoms with Gasteiger partial charge in [0, 0.05) is 55.0 Å². The number of aromatic nitrogens is 4. The van der Waals surface area contributed by atoms with Crippen molar-refractivity contribution in [3.63, 3.8) is 0 Å². The summed E-state index contributed by atoms with van der Waals surface area (Å²) in [7, 11) is 0. The molecule has 2 aromatic heterocycles. The predicted octanol–water partition coefficient (Wildman–Crippen LogP) is 4.93. The summed E-state index contributed by atoms with van der Waals surface area (Å²) in [4.78, 5) is 15.0. The summed E-state index contributed by atoms with van der Waals surface area (Å²) in [5.41, 5.74) is 1.25. The molecule has 0 aromatic carbocycles. The molecule has 0 amide bonds. The highest BCUT2D eigenvalue weighted by Crippen LogP contribution is 2.37. The zero-order valence-corrected chi connectivity index (χ0v) is 21.6. The van der Waals surface area contributed by atoms with Gasteiger partial charge in [0.2, 0.25) is 0 Å². The normalized spacial score (nSPS) is 18.0. The van der Waals surface area contributed by atoms with Crippen LogP contribution in [-0.4, -0.2) is 63.5 Å². The van der Waals surface area contributed by atoms with E-state index in [1.165, 1.54) is 31.4 Å². The Hall–Kier alpha value is -0.960. The Kier molecular flexibility index (Phi) is 8.57. The van der Waals surface area contributed by atoms with Crippen molar-refractivity contribution in [1.29, 1.82) is 0 Å². The van der Waals surface area contributed by atoms with E-state index < -0.39 is 0 Å². The molecule has 31 heavy (non-hydrogen) atoms. The Balaban J connectivity index is 0.00000272. The average Bonchev–Trinajstić information content (AvgIpc) is 3.09. The second-order valence-electron chi connectivity index (χ2n) is 9.47. The zero-order valence-electron chi connectivity index (χ0n) is 19.1. The van der Waals surface area contributed by atoms with E-state index in [-0.39, 0.29) is 17.8 Å². The molecular formula is C22H35ClN6S2. The van der Waals surface area contributed by atoms with Gasteiger partial charge in [-0.1, -0.05) is 50.3 Å². The fraction of sp³-hybridized carbons (Fsp3) is 0.727. The molecule has 0 N–H and O–H groups in total. The van der Waals surface area contributed by atoms with Crippen molar-refractivity contribution in [2.24, 2.45) is 0 Å². The Bertz CT molecular complexity index is 841. The summed E-state index contributed by atoms with van der Waals surface area (Å²) in [6.07, 6.45) is 5.09. The van der Waals surface area contributed by atoms with Gasteiger partial charge >= 0.3 is 0 Å². The molecule has 172 valence electrons. The first-order chi connectivity index (χ1) is 14.4. The van der Waals surface area contributed by atoms with Gasteiger partial charge in [-0.25, -0.2) is 9.97 Å². The van der Waals surface area contributed by atoms with E-state index in [1.54, 1.807) is 11.3 Å². The second-order valence-corrected chi connectivity index (χ2v) is 12.0. The van der Waals surface area contributed by atoms with E-state index in [9.17, 15) is 0 Å². The van der Waals surface area contributed by atoms with Crippen molar-refractivity contribution in [3.8, 4) is 0 Å². The average molecular weight is 483 g/mol. The van der Waals surface area contributed by atoms with Crippen molar-refractivity contribution in [2.45, 2.75) is 69.1 Å². The highest BCUT2D eigenvalue weighted by Gasteiger charge is 2.27. The molecule has 1 saturated heterocycles. The minimum absolute atomic E-state index is 0. The van der Waals surface area contributed by atoms with E-state index in [2.05, 4.69) is 46.8 Å². The maximum absolute atomic E-state index is 4.99. The van der Waals surface area contributed by atoms with Crippen molar-refractivity contribution in [2.75, 3.05) is 43.4 Å². The van der Waals surface area contributed by atoms with Gasteiger partial charge in [0.1, 0.15) is 16.6 Å². The smallest absolute Gasteiger partial charge is 0.174 e. The van der Waals surface area contributed by atoms with Crippen LogP contribution in [0, 0.1) is 6.92 Å². The monoisotopic (exact) mass is 482 g/mol. The molecule has 1 aliphatic carbocycles. The third-order valence-electron chi connectivity index (χ3n) is 5.97. The number of nitrogens with zero attached hydrogens (tertiary/aromatic N) is 6. The first kappa shape index (κ1) is 24.7. The summed E-state index contributed by atoms with van der Waals surface area (Å²) < 4.78 is 1.10. The number of hydrogen-bond donors (Lipinski definition) is 0. The van der Waals surface area contributed by atoms with Crippen LogP contribution < -0.4 is 4.90 Å². The topological polar surface area (TPSA) is 58.0 Å². The molecule has 2 fully saturated rings. The number of piperazine rings is 1. The molecule has 3 heterocycles. The fourth-order valence-electron chi connectivity index (χ4n) is 3.85. The van der Waals surface area contributed by atoms with E-state index in [4.69, 9.17) is 9.97 Å². The van der Waals surface area contributed by atoms with Crippen molar-refractivity contribution in [3.05, 3.63) is 22.6 Å². The highest BCUT2D eigenvalue weighted by molar-refractivity contribution is 8.01. The summed E-state index contributed by atoms with van der Waals surface area (Å²) in [6, 6.07) is 2.27. The molecule has 0 unspecified atom stereocenters. The van der Waals surface area contributed by atoms with Crippen molar-refractivity contribution in [1.82, 2.24) is 25.1 Å². The van der Waals surface area contributed by atoms with Crippen LogP contribution >= 0.6 is 35.5 Å². The molecule has 0 atom stereocenters. The maximum Gasteiger partial charge on any atom is 0.174 e. The minimum atomic E-state index is -0.0144. The first-order valence-electron chi connectivity index (χ1n) is 11.2. The summed E-state index contributed by atoms with van der Waals surface area (Å²) in [5, 5.41) is 9.34. The molecule has 4 rings (SSSR count). The molecule has 0 radical (unpaired) electrons. The molecule has 0 bridgehead atoms. The van der Waals surface area contributed by atoms with Crippen molar-refractivity contribution < 1.29 is 0 Å². The Labute approximate surface area is 201 Å². The lowest BCUT2D eigenvalue weighted by molar-refractivity contribution is 0.258. The fourth-order valence-corrected chi connectivity index (χ4v) is 5.66. The van der Waals surface area contributed by atoms with Gasteiger partial charge in [0.05, 0.1) is 0 Å². The van der Waals surface area contributed by atoms with Crippen molar-refractivity contribution >= 4 is 41.3 Å². The van der Waals surface area contributed by atoms with Gasteiger partial charge in [-0.3, -0.25) is 4.90 Å². The van der Waals surface area contributed by atoms with Gasteiger partial charge in [-0.15, -0.1) is 22.6 Å². The lowest BCUT2D eigenvalue weighted by atomic mass is 9.82. The molecule has 2 aliphatic rings. The van der Waals surface area contributed by atoms with Gasteiger partial charge in [0.15, 0.2) is 4.34 Å². The zero-order chi connectivity index (χ0) is 21.1. The number of hydrogen-bond acceptors (Lipinski definition) is 8. The first-order valence-corrected chi connectivity index (χ1v) is 13.0. The third-order valence-corrected chi connectivity index (χ3v) is 8.03. The van der Waals surface area contributed by atoms with E-state index in [0.29, 0.717) is 5.92 Å². The van der Waals surface area contributed by atoms with Crippen LogP contribution in [0.25, 0.3) is 0 Å². The standard InChI is InChI=1S/C22H34N6S2.ClH/c1-16-25-26-21(30-16)29-14-6-9-27-10-12-28(13-11-27)19-15-18(17-7-5-8-17)23-20(24-19)22(2,3)4;/h15,17H,5-14H2,1-4H3;1H. The van der Waals surface area contributed by atoms with Gasteiger partial charge in [0.25, 0.3) is 0 Å². The van der Waals surface area contributed by atoms with Crippen LogP contribution in [0.3, 0.4) is 0 Å². The quantitative estimate of drug-likeness (QED) is 0.409. The predicted molar refractivity (Wildman–Crippen MR) is 133 cm³/mol. The molecular weight excluding hydrogens is 448 g/mol. The van der Waals surface area contributed by atoms with E-state index >= 15 is 0 Å². The number of halogens is 1. The lowest BCUT2D eigenvalue weighted by Gasteiger charge is -2.36. The SMILES string of the molecule is Cc1nnc(SCCCN2CCN(c3cc(C4CCC4)nc(C(C)(C)C)n3)CC2)s1.Cl. The number of thioether (sulfide) groups is 1. The maximum atomic E-state index is 4.99. The van der Waals surface area contributed by atoms with Crippen LogP contribution in [0.15, 0.2) is 10.4 Å². The second kappa shape index (κ2) is 10.8. The van der Waals surface area contributed by atoms with Gasteiger partial charge in [-0.2, -0.15) is 0 Å². The molecule has 6 nitrogen and oxygen atoms in total. The van der Waals surface area contributed by atoms with E-state index in [0.717, 1.165) is 59.5 Å². The minimum Gasteiger partial charge on any atom is -0.354 e. The van der Waals surface area contributed by atoms with Crippen LogP contribution in [0.2, 0.25) is 0 Å². The Morgan fingerprint density at radius 3 is 2.42 bits per heavy atom. The number of anilines is 1. The van der Waals surface area contributed by atoms with Gasteiger partial charge < -0.3 is 4.90 Å². The third kappa shape index (κ3) is 6.53. The Morgan fingerprint density at radius 1 is 1.10 bits per heavy atom.